The summed E-state index contributed by atoms with van der Waals surface area (Å²) < 4.78 is 2.02. The van der Waals surface area contributed by atoms with E-state index in [4.69, 9.17) is 5.11 Å². The second kappa shape index (κ2) is 5.41. The molecular formula is C12H10BrN3O4. The van der Waals surface area contributed by atoms with Gasteiger partial charge < -0.3 is 9.67 Å². The average Bonchev–Trinajstić information content (AvgIpc) is 2.73. The molecule has 0 aliphatic carbocycles. The molecule has 2 aromatic rings. The summed E-state index contributed by atoms with van der Waals surface area (Å²) in [5.41, 5.74) is 0.352. The van der Waals surface area contributed by atoms with Gasteiger partial charge in [0.2, 0.25) is 0 Å². The zero-order chi connectivity index (χ0) is 14.9. The molecule has 7 nitrogen and oxygen atoms in total. The molecule has 0 radical (unpaired) electrons. The summed E-state index contributed by atoms with van der Waals surface area (Å²) in [6.07, 6.45) is 1.24. The summed E-state index contributed by atoms with van der Waals surface area (Å²) in [7, 11) is 0. The highest BCUT2D eigenvalue weighted by Crippen LogP contribution is 2.25. The Labute approximate surface area is 122 Å². The van der Waals surface area contributed by atoms with Crippen LogP contribution in [0.25, 0.3) is 0 Å². The maximum atomic E-state index is 11.1. The van der Waals surface area contributed by atoms with Crippen LogP contribution in [0.15, 0.2) is 28.9 Å². The van der Waals surface area contributed by atoms with E-state index in [1.54, 1.807) is 19.1 Å². The maximum absolute atomic E-state index is 11.1. The van der Waals surface area contributed by atoms with Crippen molar-refractivity contribution in [2.75, 3.05) is 0 Å². The second-order valence-corrected chi connectivity index (χ2v) is 5.03. The van der Waals surface area contributed by atoms with Gasteiger partial charge in [-0.15, -0.1) is 0 Å². The van der Waals surface area contributed by atoms with Gasteiger partial charge in [-0.05, 0) is 19.1 Å². The van der Waals surface area contributed by atoms with Crippen LogP contribution in [0.5, 0.6) is 0 Å². The van der Waals surface area contributed by atoms with Gasteiger partial charge in [-0.3, -0.25) is 10.1 Å². The largest absolute Gasteiger partial charge is 0.477 e. The number of rotatable bonds is 4. The number of aromatic nitrogens is 2. The molecule has 1 aromatic heterocycles. The molecule has 0 saturated carbocycles. The van der Waals surface area contributed by atoms with Crippen molar-refractivity contribution in [2.24, 2.45) is 0 Å². The Morgan fingerprint density at radius 3 is 2.85 bits per heavy atom. The molecule has 1 N–H and O–H groups in total. The van der Waals surface area contributed by atoms with E-state index in [1.165, 1.54) is 16.8 Å². The lowest BCUT2D eigenvalue weighted by Gasteiger charge is -2.08. The van der Waals surface area contributed by atoms with Crippen LogP contribution in [-0.4, -0.2) is 25.6 Å². The number of halogens is 1. The zero-order valence-corrected chi connectivity index (χ0v) is 12.0. The van der Waals surface area contributed by atoms with Crippen LogP contribution in [-0.2, 0) is 6.54 Å². The average molecular weight is 340 g/mol. The Bertz CT molecular complexity index is 696. The quantitative estimate of drug-likeness (QED) is 0.681. The van der Waals surface area contributed by atoms with Gasteiger partial charge >= 0.3 is 5.97 Å². The van der Waals surface area contributed by atoms with Crippen LogP contribution in [0, 0.1) is 17.0 Å². The molecule has 0 amide bonds. The van der Waals surface area contributed by atoms with Gasteiger partial charge in [0.1, 0.15) is 11.5 Å². The minimum Gasteiger partial charge on any atom is -0.477 e. The van der Waals surface area contributed by atoms with Crippen molar-refractivity contribution in [3.63, 3.8) is 0 Å². The van der Waals surface area contributed by atoms with Crippen molar-refractivity contribution in [3.05, 3.63) is 56.1 Å². The van der Waals surface area contributed by atoms with Crippen molar-refractivity contribution in [1.82, 2.24) is 9.55 Å². The van der Waals surface area contributed by atoms with Gasteiger partial charge in [-0.25, -0.2) is 9.78 Å². The lowest BCUT2D eigenvalue weighted by atomic mass is 10.1. The van der Waals surface area contributed by atoms with Crippen LogP contribution in [0.1, 0.15) is 21.9 Å². The number of carboxylic acids is 1. The normalized spacial score (nSPS) is 10.5. The molecule has 1 heterocycles. The van der Waals surface area contributed by atoms with E-state index in [0.717, 1.165) is 0 Å². The summed E-state index contributed by atoms with van der Waals surface area (Å²) in [5.74, 6) is -0.634. The third-order valence-electron chi connectivity index (χ3n) is 2.85. The first-order chi connectivity index (χ1) is 9.40. The number of carbonyl (C=O) groups is 1. The molecule has 0 atom stereocenters. The molecule has 0 spiro atoms. The number of nitrogens with zero attached hydrogens (tertiary/aromatic N) is 3. The van der Waals surface area contributed by atoms with Crippen LogP contribution < -0.4 is 0 Å². The molecule has 8 heteroatoms. The number of carboxylic acid groups (broad SMARTS) is 1. The monoisotopic (exact) mass is 339 g/mol. The Balaban J connectivity index is 2.48. The first kappa shape index (κ1) is 14.2. The molecule has 0 aliphatic rings. The van der Waals surface area contributed by atoms with Gasteiger partial charge in [0.05, 0.1) is 17.7 Å². The number of aromatic carboxylic acids is 1. The highest BCUT2D eigenvalue weighted by atomic mass is 79.9. The number of hydrogen-bond donors (Lipinski definition) is 1. The first-order valence-electron chi connectivity index (χ1n) is 5.58. The fraction of sp³-hybridized carbons (Fsp3) is 0.167. The molecule has 104 valence electrons. The summed E-state index contributed by atoms with van der Waals surface area (Å²) >= 11 is 3.18. The van der Waals surface area contributed by atoms with Gasteiger partial charge in [0.15, 0.2) is 0 Å². The first-order valence-corrected chi connectivity index (χ1v) is 6.37. The summed E-state index contributed by atoms with van der Waals surface area (Å²) in [6.45, 7) is 1.73. The smallest absolute Gasteiger partial charge is 0.354 e. The van der Waals surface area contributed by atoms with Gasteiger partial charge in [-0.2, -0.15) is 0 Å². The zero-order valence-electron chi connectivity index (χ0n) is 10.4. The lowest BCUT2D eigenvalue weighted by Crippen LogP contribution is -2.12. The number of aryl methyl sites for hydroxylation is 1. The molecule has 0 unspecified atom stereocenters. The predicted molar refractivity (Wildman–Crippen MR) is 73.8 cm³/mol. The fourth-order valence-electron chi connectivity index (χ4n) is 1.85. The molecule has 20 heavy (non-hydrogen) atoms. The summed E-state index contributed by atoms with van der Waals surface area (Å²) in [4.78, 5) is 25.6. The van der Waals surface area contributed by atoms with Gasteiger partial charge in [0, 0.05) is 16.1 Å². The third kappa shape index (κ3) is 2.69. The van der Waals surface area contributed by atoms with E-state index in [9.17, 15) is 14.9 Å². The minimum atomic E-state index is -1.12. The number of benzene rings is 1. The molecule has 0 saturated heterocycles. The van der Waals surface area contributed by atoms with E-state index >= 15 is 0 Å². The standard InChI is InChI=1S/C12H10BrN3O4/c1-7-14-5-11(12(17)18)15(7)6-8-2-3-9(13)4-10(8)16(19)20/h2-5H,6H2,1H3,(H,17,18). The highest BCUT2D eigenvalue weighted by molar-refractivity contribution is 9.10. The van der Waals surface area contributed by atoms with Gasteiger partial charge in [-0.1, -0.05) is 15.9 Å². The van der Waals surface area contributed by atoms with E-state index in [2.05, 4.69) is 20.9 Å². The molecule has 0 bridgehead atoms. The van der Waals surface area contributed by atoms with Crippen molar-refractivity contribution in [1.29, 1.82) is 0 Å². The van der Waals surface area contributed by atoms with Crippen LogP contribution in [0.2, 0.25) is 0 Å². The number of nitro groups is 1. The van der Waals surface area contributed by atoms with Crippen molar-refractivity contribution < 1.29 is 14.8 Å². The molecular weight excluding hydrogens is 330 g/mol. The highest BCUT2D eigenvalue weighted by Gasteiger charge is 2.19. The number of imidazole rings is 1. The van der Waals surface area contributed by atoms with Crippen LogP contribution >= 0.6 is 15.9 Å². The summed E-state index contributed by atoms with van der Waals surface area (Å²) in [6, 6.07) is 4.66. The van der Waals surface area contributed by atoms with E-state index in [-0.39, 0.29) is 17.9 Å². The topological polar surface area (TPSA) is 98.3 Å². The number of hydrogen-bond acceptors (Lipinski definition) is 4. The Morgan fingerprint density at radius 2 is 2.25 bits per heavy atom. The molecule has 2 rings (SSSR count). The minimum absolute atomic E-state index is 0.000262. The van der Waals surface area contributed by atoms with E-state index in [1.807, 2.05) is 0 Å². The second-order valence-electron chi connectivity index (χ2n) is 4.11. The predicted octanol–water partition coefficient (Wildman–Crippen LogP) is 2.61. The van der Waals surface area contributed by atoms with Crippen molar-refractivity contribution in [3.8, 4) is 0 Å². The van der Waals surface area contributed by atoms with Crippen molar-refractivity contribution >= 4 is 27.6 Å². The lowest BCUT2D eigenvalue weighted by molar-refractivity contribution is -0.385. The Kier molecular flexibility index (Phi) is 3.84. The number of nitro benzene ring substituents is 1. The molecule has 0 aliphatic heterocycles. The Morgan fingerprint density at radius 1 is 1.55 bits per heavy atom. The Hall–Kier alpha value is -2.22. The third-order valence-corrected chi connectivity index (χ3v) is 3.34. The molecule has 0 fully saturated rings. The maximum Gasteiger partial charge on any atom is 0.354 e. The van der Waals surface area contributed by atoms with Crippen LogP contribution in [0.3, 0.4) is 0 Å². The van der Waals surface area contributed by atoms with E-state index < -0.39 is 10.9 Å². The SMILES string of the molecule is Cc1ncc(C(=O)O)n1Cc1ccc(Br)cc1[N+](=O)[O-]. The van der Waals surface area contributed by atoms with Crippen LogP contribution in [0.4, 0.5) is 5.69 Å². The fourth-order valence-corrected chi connectivity index (χ4v) is 2.20. The molecule has 1 aromatic carbocycles. The van der Waals surface area contributed by atoms with Crippen molar-refractivity contribution in [2.45, 2.75) is 13.5 Å². The van der Waals surface area contributed by atoms with Gasteiger partial charge in [0.25, 0.3) is 5.69 Å². The van der Waals surface area contributed by atoms with E-state index in [0.29, 0.717) is 15.9 Å². The summed E-state index contributed by atoms with van der Waals surface area (Å²) in [5, 5.41) is 20.1.